The van der Waals surface area contributed by atoms with Gasteiger partial charge in [-0.2, -0.15) is 5.01 Å². The number of imide groups is 1. The third-order valence-electron chi connectivity index (χ3n) is 5.34. The molecule has 1 fully saturated rings. The van der Waals surface area contributed by atoms with Crippen LogP contribution in [0.1, 0.15) is 28.8 Å². The predicted molar refractivity (Wildman–Crippen MR) is 110 cm³/mol. The van der Waals surface area contributed by atoms with E-state index in [0.717, 1.165) is 5.01 Å². The van der Waals surface area contributed by atoms with Gasteiger partial charge in [0.1, 0.15) is 0 Å². The van der Waals surface area contributed by atoms with Crippen molar-refractivity contribution in [2.45, 2.75) is 19.4 Å². The highest BCUT2D eigenvalue weighted by Crippen LogP contribution is 2.37. The summed E-state index contributed by atoms with van der Waals surface area (Å²) in [5.41, 5.74) is 0.845. The molecule has 1 saturated heterocycles. The Morgan fingerprint density at radius 1 is 0.897 bits per heavy atom. The number of carbonyl (C=O) groups is 3. The van der Waals surface area contributed by atoms with Gasteiger partial charge in [-0.3, -0.25) is 14.4 Å². The molecule has 4 rings (SSSR count). The molecule has 3 amide bonds. The highest BCUT2D eigenvalue weighted by molar-refractivity contribution is 6.34. The predicted octanol–water partition coefficient (Wildman–Crippen LogP) is 4.50. The van der Waals surface area contributed by atoms with Gasteiger partial charge in [0, 0.05) is 5.02 Å². The van der Waals surface area contributed by atoms with Gasteiger partial charge in [-0.05, 0) is 36.6 Å². The number of nitrogens with zero attached hydrogens (tertiary/aromatic N) is 2. The fourth-order valence-electron chi connectivity index (χ4n) is 3.82. The van der Waals surface area contributed by atoms with Crippen molar-refractivity contribution >= 4 is 40.9 Å². The molecule has 29 heavy (non-hydrogen) atoms. The maximum Gasteiger partial charge on any atom is 0.274 e. The van der Waals surface area contributed by atoms with E-state index in [1.54, 1.807) is 48.5 Å². The molecule has 148 valence electrons. The van der Waals surface area contributed by atoms with Crippen LogP contribution in [0, 0.1) is 11.8 Å². The first-order chi connectivity index (χ1) is 14.0. The molecule has 2 atom stereocenters. The first-order valence-electron chi connectivity index (χ1n) is 9.31. The van der Waals surface area contributed by atoms with Crippen LogP contribution >= 0.6 is 23.2 Å². The normalized spacial score (nSPS) is 20.7. The number of allylic oxidation sites excluding steroid dienone is 2. The molecule has 2 aliphatic rings. The van der Waals surface area contributed by atoms with Gasteiger partial charge in [-0.25, -0.2) is 5.01 Å². The van der Waals surface area contributed by atoms with E-state index in [1.165, 1.54) is 5.01 Å². The SMILES string of the molecule is O=C(c1ccccc1Cl)N(Cc1ccccc1Cl)N1C(=O)[C@H]2CC=CC[C@@H]2C1=O. The molecular formula is C22H18Cl2N2O3. The lowest BCUT2D eigenvalue weighted by Crippen LogP contribution is -2.49. The van der Waals surface area contributed by atoms with Gasteiger partial charge >= 0.3 is 0 Å². The van der Waals surface area contributed by atoms with E-state index >= 15 is 0 Å². The summed E-state index contributed by atoms with van der Waals surface area (Å²) in [5, 5.41) is 2.87. The Hall–Kier alpha value is -2.63. The number of amides is 3. The minimum absolute atomic E-state index is 0.0198. The number of hydrazine groups is 1. The molecule has 0 spiro atoms. The van der Waals surface area contributed by atoms with Crippen LogP contribution in [0.5, 0.6) is 0 Å². The summed E-state index contributed by atoms with van der Waals surface area (Å²) in [6.45, 7) is -0.0198. The van der Waals surface area contributed by atoms with E-state index in [2.05, 4.69) is 0 Å². The van der Waals surface area contributed by atoms with Crippen molar-refractivity contribution in [1.82, 2.24) is 10.0 Å². The van der Waals surface area contributed by atoms with E-state index < -0.39 is 17.7 Å². The van der Waals surface area contributed by atoms with Crippen molar-refractivity contribution in [3.8, 4) is 0 Å². The summed E-state index contributed by atoms with van der Waals surface area (Å²) in [5.74, 6) is -2.14. The number of hydrogen-bond acceptors (Lipinski definition) is 3. The second kappa shape index (κ2) is 8.01. The first-order valence-corrected chi connectivity index (χ1v) is 10.1. The van der Waals surface area contributed by atoms with Crippen molar-refractivity contribution in [2.75, 3.05) is 0 Å². The second-order valence-electron chi connectivity index (χ2n) is 7.08. The lowest BCUT2D eigenvalue weighted by Gasteiger charge is -2.31. The van der Waals surface area contributed by atoms with Gasteiger partial charge in [0.2, 0.25) is 0 Å². The van der Waals surface area contributed by atoms with Crippen LogP contribution in [0.25, 0.3) is 0 Å². The van der Waals surface area contributed by atoms with Crippen molar-refractivity contribution in [3.63, 3.8) is 0 Å². The first kappa shape index (κ1) is 19.7. The Kier molecular flexibility index (Phi) is 5.43. The van der Waals surface area contributed by atoms with E-state index in [-0.39, 0.29) is 28.9 Å². The Labute approximate surface area is 178 Å². The molecule has 0 saturated carbocycles. The zero-order valence-electron chi connectivity index (χ0n) is 15.4. The van der Waals surface area contributed by atoms with Gasteiger partial charge in [-0.1, -0.05) is 65.7 Å². The minimum atomic E-state index is -0.524. The third-order valence-corrected chi connectivity index (χ3v) is 6.04. The van der Waals surface area contributed by atoms with Gasteiger partial charge in [0.15, 0.2) is 0 Å². The number of benzene rings is 2. The number of carbonyl (C=O) groups excluding carboxylic acids is 3. The highest BCUT2D eigenvalue weighted by atomic mass is 35.5. The summed E-state index contributed by atoms with van der Waals surface area (Å²) in [4.78, 5) is 39.6. The maximum atomic E-state index is 13.4. The van der Waals surface area contributed by atoms with E-state index in [1.807, 2.05) is 12.2 Å². The summed E-state index contributed by atoms with van der Waals surface area (Å²) in [6.07, 6.45) is 4.80. The number of hydrogen-bond donors (Lipinski definition) is 0. The number of rotatable bonds is 4. The Morgan fingerprint density at radius 2 is 1.45 bits per heavy atom. The number of halogens is 2. The van der Waals surface area contributed by atoms with Gasteiger partial charge in [-0.15, -0.1) is 0 Å². The lowest BCUT2D eigenvalue weighted by molar-refractivity contribution is -0.155. The van der Waals surface area contributed by atoms with Crippen LogP contribution in [0.15, 0.2) is 60.7 Å². The molecule has 1 aliphatic heterocycles. The lowest BCUT2D eigenvalue weighted by atomic mass is 9.85. The molecule has 0 unspecified atom stereocenters. The zero-order valence-corrected chi connectivity index (χ0v) is 16.9. The van der Waals surface area contributed by atoms with Crippen molar-refractivity contribution in [3.05, 3.63) is 81.9 Å². The molecule has 0 N–H and O–H groups in total. The minimum Gasteiger partial charge on any atom is -0.272 e. The van der Waals surface area contributed by atoms with Crippen LogP contribution < -0.4 is 0 Å². The topological polar surface area (TPSA) is 57.7 Å². The van der Waals surface area contributed by atoms with Crippen molar-refractivity contribution < 1.29 is 14.4 Å². The molecule has 5 nitrogen and oxygen atoms in total. The molecule has 0 aromatic heterocycles. The van der Waals surface area contributed by atoms with Crippen molar-refractivity contribution in [1.29, 1.82) is 0 Å². The van der Waals surface area contributed by atoms with Crippen LogP contribution in [0.4, 0.5) is 0 Å². The third kappa shape index (κ3) is 3.56. The second-order valence-corrected chi connectivity index (χ2v) is 7.89. The zero-order chi connectivity index (χ0) is 20.5. The van der Waals surface area contributed by atoms with Gasteiger partial charge in [0.05, 0.1) is 29.0 Å². The fourth-order valence-corrected chi connectivity index (χ4v) is 4.23. The standard InChI is InChI=1S/C22H18Cl2N2O3/c23-18-11-5-1-7-14(18)13-25(20(27)17-10-4-6-12-19(17)24)26-21(28)15-8-2-3-9-16(15)22(26)29/h1-7,10-12,15-16H,8-9,13H2/t15-,16-/m0/s1. The van der Waals surface area contributed by atoms with E-state index in [4.69, 9.17) is 23.2 Å². The Morgan fingerprint density at radius 3 is 2.03 bits per heavy atom. The summed E-state index contributed by atoms with van der Waals surface area (Å²) >= 11 is 12.5. The monoisotopic (exact) mass is 428 g/mol. The molecule has 0 radical (unpaired) electrons. The Balaban J connectivity index is 1.75. The quantitative estimate of drug-likeness (QED) is 0.531. The molecular weight excluding hydrogens is 411 g/mol. The van der Waals surface area contributed by atoms with E-state index in [9.17, 15) is 14.4 Å². The van der Waals surface area contributed by atoms with Crippen LogP contribution in [-0.2, 0) is 16.1 Å². The molecule has 2 aromatic rings. The largest absolute Gasteiger partial charge is 0.274 e. The van der Waals surface area contributed by atoms with Crippen molar-refractivity contribution in [2.24, 2.45) is 11.8 Å². The number of fused-ring (bicyclic) bond motifs is 1. The van der Waals surface area contributed by atoms with Gasteiger partial charge < -0.3 is 0 Å². The molecule has 1 heterocycles. The van der Waals surface area contributed by atoms with Crippen LogP contribution in [0.3, 0.4) is 0 Å². The smallest absolute Gasteiger partial charge is 0.272 e. The van der Waals surface area contributed by atoms with Crippen LogP contribution in [-0.4, -0.2) is 27.7 Å². The maximum absolute atomic E-state index is 13.4. The van der Waals surface area contributed by atoms with E-state index in [0.29, 0.717) is 23.4 Å². The fraction of sp³-hybridized carbons (Fsp3) is 0.227. The average molecular weight is 429 g/mol. The molecule has 7 heteroatoms. The average Bonchev–Trinajstić information content (AvgIpc) is 2.98. The highest BCUT2D eigenvalue weighted by Gasteiger charge is 2.51. The summed E-state index contributed by atoms with van der Waals surface area (Å²) in [7, 11) is 0. The van der Waals surface area contributed by atoms with Crippen LogP contribution in [0.2, 0.25) is 10.0 Å². The summed E-state index contributed by atoms with van der Waals surface area (Å²) in [6, 6.07) is 13.6. The Bertz CT molecular complexity index is 995. The summed E-state index contributed by atoms with van der Waals surface area (Å²) < 4.78 is 0. The molecule has 1 aliphatic carbocycles. The molecule has 2 aromatic carbocycles. The molecule has 0 bridgehead atoms. The van der Waals surface area contributed by atoms with Gasteiger partial charge in [0.25, 0.3) is 17.7 Å².